The summed E-state index contributed by atoms with van der Waals surface area (Å²) in [5.74, 6) is 1.80. The van der Waals surface area contributed by atoms with Crippen LogP contribution in [0.2, 0.25) is 0 Å². The second-order valence-electron chi connectivity index (χ2n) is 5.63. The molecule has 0 aliphatic heterocycles. The quantitative estimate of drug-likeness (QED) is 0.746. The zero-order valence-corrected chi connectivity index (χ0v) is 9.78. The summed E-state index contributed by atoms with van der Waals surface area (Å²) in [6.07, 6.45) is 10.1. The van der Waals surface area contributed by atoms with Gasteiger partial charge >= 0.3 is 0 Å². The van der Waals surface area contributed by atoms with Gasteiger partial charge in [0.05, 0.1) is 6.10 Å². The molecular formula is C13H21NO2. The number of carbonyl (C=O) groups excluding carboxylic acids is 1. The molecule has 3 heteroatoms. The summed E-state index contributed by atoms with van der Waals surface area (Å²) in [4.78, 5) is 17.4. The smallest absolute Gasteiger partial charge is 0.247 e. The molecule has 3 fully saturated rings. The molecule has 3 saturated carbocycles. The third-order valence-corrected chi connectivity index (χ3v) is 4.59. The molecule has 0 aromatic heterocycles. The molecular weight excluding hydrogens is 202 g/mol. The van der Waals surface area contributed by atoms with E-state index < -0.39 is 0 Å². The number of fused-ring (bicyclic) bond motifs is 1. The number of hydrogen-bond acceptors (Lipinski definition) is 2. The highest BCUT2D eigenvalue weighted by Crippen LogP contribution is 2.55. The van der Waals surface area contributed by atoms with Crippen molar-refractivity contribution < 1.29 is 9.63 Å². The van der Waals surface area contributed by atoms with Crippen LogP contribution >= 0.6 is 0 Å². The van der Waals surface area contributed by atoms with E-state index in [1.807, 2.05) is 0 Å². The van der Waals surface area contributed by atoms with Crippen molar-refractivity contribution in [2.45, 2.75) is 57.5 Å². The van der Waals surface area contributed by atoms with Crippen LogP contribution in [-0.2, 0) is 9.63 Å². The molecule has 2 unspecified atom stereocenters. The van der Waals surface area contributed by atoms with E-state index in [2.05, 4.69) is 5.48 Å². The number of amides is 1. The summed E-state index contributed by atoms with van der Waals surface area (Å²) in [7, 11) is 0. The molecule has 1 amide bonds. The van der Waals surface area contributed by atoms with Crippen molar-refractivity contribution in [1.82, 2.24) is 5.48 Å². The fourth-order valence-electron chi connectivity index (χ4n) is 3.60. The van der Waals surface area contributed by atoms with E-state index in [0.29, 0.717) is 11.8 Å². The second kappa shape index (κ2) is 4.36. The highest BCUT2D eigenvalue weighted by atomic mass is 16.7. The molecule has 0 heterocycles. The third kappa shape index (κ3) is 1.97. The molecule has 90 valence electrons. The Morgan fingerprint density at radius 3 is 2.12 bits per heavy atom. The zero-order chi connectivity index (χ0) is 11.0. The number of nitrogens with one attached hydrogen (secondary N) is 1. The molecule has 2 atom stereocenters. The lowest BCUT2D eigenvalue weighted by molar-refractivity contribution is -0.140. The largest absolute Gasteiger partial charge is 0.272 e. The number of hydroxylamine groups is 1. The lowest BCUT2D eigenvalue weighted by atomic mass is 10.0. The number of hydrogen-bond donors (Lipinski definition) is 1. The first kappa shape index (κ1) is 10.6. The molecule has 3 aliphatic rings. The van der Waals surface area contributed by atoms with Gasteiger partial charge < -0.3 is 0 Å². The Bertz CT molecular complexity index is 261. The van der Waals surface area contributed by atoms with E-state index in [-0.39, 0.29) is 17.9 Å². The van der Waals surface area contributed by atoms with Gasteiger partial charge in [-0.1, -0.05) is 25.7 Å². The second-order valence-corrected chi connectivity index (χ2v) is 5.63. The number of carbonyl (C=O) groups is 1. The Labute approximate surface area is 96.9 Å². The maximum Gasteiger partial charge on any atom is 0.247 e. The Kier molecular flexibility index (Phi) is 2.88. The van der Waals surface area contributed by atoms with Crippen molar-refractivity contribution in [3.63, 3.8) is 0 Å². The molecule has 0 spiro atoms. The van der Waals surface area contributed by atoms with Crippen LogP contribution in [0.3, 0.4) is 0 Å². The monoisotopic (exact) mass is 223 g/mol. The highest BCUT2D eigenvalue weighted by molar-refractivity contribution is 5.81. The van der Waals surface area contributed by atoms with Crippen molar-refractivity contribution in [1.29, 1.82) is 0 Å². The Morgan fingerprint density at radius 1 is 0.938 bits per heavy atom. The topological polar surface area (TPSA) is 38.3 Å². The van der Waals surface area contributed by atoms with Crippen LogP contribution in [0.15, 0.2) is 0 Å². The molecule has 3 aliphatic carbocycles. The fourth-order valence-corrected chi connectivity index (χ4v) is 3.60. The average Bonchev–Trinajstić information content (AvgIpc) is 2.80. The van der Waals surface area contributed by atoms with Crippen molar-refractivity contribution in [3.8, 4) is 0 Å². The van der Waals surface area contributed by atoms with E-state index in [4.69, 9.17) is 4.84 Å². The first-order valence-electron chi connectivity index (χ1n) is 6.82. The van der Waals surface area contributed by atoms with Crippen LogP contribution in [0.25, 0.3) is 0 Å². The van der Waals surface area contributed by atoms with E-state index >= 15 is 0 Å². The lowest BCUT2D eigenvalue weighted by Gasteiger charge is -2.11. The minimum absolute atomic E-state index is 0.156. The summed E-state index contributed by atoms with van der Waals surface area (Å²) in [6, 6.07) is 0. The van der Waals surface area contributed by atoms with Crippen LogP contribution in [0.4, 0.5) is 0 Å². The lowest BCUT2D eigenvalue weighted by Crippen LogP contribution is -2.30. The average molecular weight is 223 g/mol. The fraction of sp³-hybridized carbons (Fsp3) is 0.923. The predicted molar refractivity (Wildman–Crippen MR) is 60.4 cm³/mol. The summed E-state index contributed by atoms with van der Waals surface area (Å²) < 4.78 is 0. The van der Waals surface area contributed by atoms with Crippen LogP contribution in [-0.4, -0.2) is 12.0 Å². The molecule has 0 aromatic rings. The molecule has 1 N–H and O–H groups in total. The number of rotatable bonds is 3. The highest BCUT2D eigenvalue weighted by Gasteiger charge is 2.54. The van der Waals surface area contributed by atoms with Crippen LogP contribution in [0.5, 0.6) is 0 Å². The minimum atomic E-state index is 0.156. The summed E-state index contributed by atoms with van der Waals surface area (Å²) in [5, 5.41) is 0. The molecule has 0 aromatic carbocycles. The van der Waals surface area contributed by atoms with Crippen molar-refractivity contribution in [2.75, 3.05) is 0 Å². The van der Waals surface area contributed by atoms with Crippen LogP contribution in [0.1, 0.15) is 51.4 Å². The summed E-state index contributed by atoms with van der Waals surface area (Å²) in [6.45, 7) is 0. The first-order chi connectivity index (χ1) is 7.86. The van der Waals surface area contributed by atoms with Gasteiger partial charge in [0, 0.05) is 5.92 Å². The first-order valence-corrected chi connectivity index (χ1v) is 6.82. The molecule has 0 saturated heterocycles. The SMILES string of the molecule is O=C(NOC1CCCC1)C1C2CCCCC21. The van der Waals surface area contributed by atoms with Gasteiger partial charge in [-0.3, -0.25) is 9.63 Å². The van der Waals surface area contributed by atoms with Gasteiger partial charge in [0.2, 0.25) is 5.91 Å². The van der Waals surface area contributed by atoms with Gasteiger partial charge in [0.15, 0.2) is 0 Å². The van der Waals surface area contributed by atoms with Crippen LogP contribution < -0.4 is 5.48 Å². The van der Waals surface area contributed by atoms with E-state index in [0.717, 1.165) is 12.8 Å². The van der Waals surface area contributed by atoms with Gasteiger partial charge in [-0.15, -0.1) is 0 Å². The summed E-state index contributed by atoms with van der Waals surface area (Å²) >= 11 is 0. The predicted octanol–water partition coefficient (Wildman–Crippen LogP) is 2.41. The van der Waals surface area contributed by atoms with Gasteiger partial charge in [-0.25, -0.2) is 5.48 Å². The Morgan fingerprint density at radius 2 is 1.50 bits per heavy atom. The normalized spacial score (nSPS) is 38.1. The van der Waals surface area contributed by atoms with Gasteiger partial charge in [-0.2, -0.15) is 0 Å². The maximum absolute atomic E-state index is 11.9. The van der Waals surface area contributed by atoms with Crippen molar-refractivity contribution in [3.05, 3.63) is 0 Å². The molecule has 0 radical (unpaired) electrons. The van der Waals surface area contributed by atoms with E-state index in [1.165, 1.54) is 38.5 Å². The molecule has 3 nitrogen and oxygen atoms in total. The maximum atomic E-state index is 11.9. The summed E-state index contributed by atoms with van der Waals surface area (Å²) in [5.41, 5.74) is 2.70. The zero-order valence-electron chi connectivity index (χ0n) is 9.78. The standard InChI is InChI=1S/C13H21NO2/c15-13(14-16-9-5-1-2-6-9)12-10-7-3-4-8-11(10)12/h9-12H,1-8H2,(H,14,15). The van der Waals surface area contributed by atoms with E-state index in [9.17, 15) is 4.79 Å². The molecule has 0 bridgehead atoms. The minimum Gasteiger partial charge on any atom is -0.272 e. The third-order valence-electron chi connectivity index (χ3n) is 4.59. The van der Waals surface area contributed by atoms with Gasteiger partial charge in [0.1, 0.15) is 0 Å². The van der Waals surface area contributed by atoms with Gasteiger partial charge in [-0.05, 0) is 37.5 Å². The molecule has 3 rings (SSSR count). The Balaban J connectivity index is 1.43. The van der Waals surface area contributed by atoms with Gasteiger partial charge in [0.25, 0.3) is 0 Å². The van der Waals surface area contributed by atoms with Crippen molar-refractivity contribution >= 4 is 5.91 Å². The Hall–Kier alpha value is -0.570. The molecule has 16 heavy (non-hydrogen) atoms. The van der Waals surface area contributed by atoms with Crippen molar-refractivity contribution in [2.24, 2.45) is 17.8 Å². The van der Waals surface area contributed by atoms with E-state index in [1.54, 1.807) is 0 Å². The van der Waals surface area contributed by atoms with Crippen LogP contribution in [0, 0.1) is 17.8 Å².